The van der Waals surface area contributed by atoms with E-state index >= 15 is 0 Å². The number of hydrogen-bond acceptors (Lipinski definition) is 3. The number of allylic oxidation sites excluding steroid dienone is 1. The maximum absolute atomic E-state index is 13.4. The van der Waals surface area contributed by atoms with Crippen LogP contribution in [-0.2, 0) is 14.3 Å². The van der Waals surface area contributed by atoms with Crippen LogP contribution in [0.15, 0.2) is 63.7 Å². The quantitative estimate of drug-likeness (QED) is 0.395. The highest BCUT2D eigenvalue weighted by atomic mass is 79.9. The van der Waals surface area contributed by atoms with Gasteiger partial charge in [0.05, 0.1) is 4.48 Å². The maximum Gasteiger partial charge on any atom is 0.451 e. The molecule has 0 fully saturated rings. The van der Waals surface area contributed by atoms with E-state index in [0.29, 0.717) is 4.47 Å². The van der Waals surface area contributed by atoms with Gasteiger partial charge in [0.25, 0.3) is 0 Å². The minimum atomic E-state index is -5.01. The van der Waals surface area contributed by atoms with E-state index in [1.165, 1.54) is 48.5 Å². The molecule has 3 nitrogen and oxygen atoms in total. The van der Waals surface area contributed by atoms with Gasteiger partial charge in [0.2, 0.25) is 5.76 Å². The van der Waals surface area contributed by atoms with E-state index in [1.54, 1.807) is 6.92 Å². The molecule has 134 valence electrons. The fourth-order valence-corrected chi connectivity index (χ4v) is 3.70. The van der Waals surface area contributed by atoms with E-state index in [4.69, 9.17) is 0 Å². The van der Waals surface area contributed by atoms with Crippen molar-refractivity contribution in [2.45, 2.75) is 18.0 Å². The van der Waals surface area contributed by atoms with Crippen LogP contribution >= 0.6 is 31.9 Å². The first-order valence-electron chi connectivity index (χ1n) is 6.75. The van der Waals surface area contributed by atoms with Crippen LogP contribution in [0, 0.1) is 6.92 Å². The summed E-state index contributed by atoms with van der Waals surface area (Å²) in [7, 11) is -4.64. The third kappa shape index (κ3) is 5.08. The Bertz CT molecular complexity index is 888. The zero-order chi connectivity index (χ0) is 18.8. The highest BCUT2D eigenvalue weighted by Crippen LogP contribution is 2.38. The van der Waals surface area contributed by atoms with E-state index in [2.05, 4.69) is 36.0 Å². The predicted octanol–water partition coefficient (Wildman–Crippen LogP) is 5.79. The first-order chi connectivity index (χ1) is 11.5. The fraction of sp³-hybridized carbons (Fsp3) is 0.125. The molecule has 0 unspecified atom stereocenters. The third-order valence-electron chi connectivity index (χ3n) is 3.06. The summed E-state index contributed by atoms with van der Waals surface area (Å²) < 4.78 is 69.1. The topological polar surface area (TPSA) is 43.4 Å². The molecule has 0 amide bonds. The SMILES string of the molecule is Cc1ccc(S(=O)(=O)O/C(=C(\Br)c2ccc(Br)cc2)C(F)(F)F)cc1. The number of halogens is 5. The molecule has 0 aliphatic carbocycles. The Morgan fingerprint density at radius 3 is 2.00 bits per heavy atom. The van der Waals surface area contributed by atoms with Gasteiger partial charge in [-0.1, -0.05) is 45.8 Å². The van der Waals surface area contributed by atoms with Gasteiger partial charge in [-0.2, -0.15) is 21.6 Å². The van der Waals surface area contributed by atoms with Crippen molar-refractivity contribution in [3.8, 4) is 0 Å². The van der Waals surface area contributed by atoms with Crippen molar-refractivity contribution in [1.82, 2.24) is 0 Å². The predicted molar refractivity (Wildman–Crippen MR) is 95.5 cm³/mol. The Morgan fingerprint density at radius 2 is 1.52 bits per heavy atom. The lowest BCUT2D eigenvalue weighted by atomic mass is 10.2. The molecule has 0 saturated heterocycles. The third-order valence-corrected chi connectivity index (χ3v) is 5.64. The van der Waals surface area contributed by atoms with Gasteiger partial charge in [-0.3, -0.25) is 0 Å². The van der Waals surface area contributed by atoms with E-state index in [-0.39, 0.29) is 10.5 Å². The smallest absolute Gasteiger partial charge is 0.372 e. The fourth-order valence-electron chi connectivity index (χ4n) is 1.80. The van der Waals surface area contributed by atoms with Gasteiger partial charge >= 0.3 is 16.3 Å². The summed E-state index contributed by atoms with van der Waals surface area (Å²) in [6.07, 6.45) is -5.01. The Labute approximate surface area is 159 Å². The molecule has 0 bridgehead atoms. The van der Waals surface area contributed by atoms with Gasteiger partial charge in [0, 0.05) is 4.47 Å². The van der Waals surface area contributed by atoms with Crippen molar-refractivity contribution in [1.29, 1.82) is 0 Å². The summed E-state index contributed by atoms with van der Waals surface area (Å²) in [6.45, 7) is 1.72. The van der Waals surface area contributed by atoms with Crippen molar-refractivity contribution in [3.05, 3.63) is 69.9 Å². The summed E-state index contributed by atoms with van der Waals surface area (Å²) >= 11 is 5.98. The zero-order valence-electron chi connectivity index (χ0n) is 12.6. The summed E-state index contributed by atoms with van der Waals surface area (Å²) in [5.74, 6) is -1.64. The van der Waals surface area contributed by atoms with Gasteiger partial charge in [-0.05, 0) is 52.7 Å². The lowest BCUT2D eigenvalue weighted by molar-refractivity contribution is -0.114. The van der Waals surface area contributed by atoms with E-state index in [0.717, 1.165) is 5.56 Å². The average molecular weight is 500 g/mol. The molecule has 0 aliphatic heterocycles. The molecule has 2 rings (SSSR count). The second kappa shape index (κ2) is 7.51. The van der Waals surface area contributed by atoms with Crippen LogP contribution in [0.5, 0.6) is 0 Å². The Morgan fingerprint density at radius 1 is 1.00 bits per heavy atom. The van der Waals surface area contributed by atoms with Gasteiger partial charge in [-0.25, -0.2) is 0 Å². The maximum atomic E-state index is 13.4. The van der Waals surface area contributed by atoms with Crippen LogP contribution < -0.4 is 0 Å². The Kier molecular flexibility index (Phi) is 6.01. The second-order valence-electron chi connectivity index (χ2n) is 5.00. The number of aryl methyl sites for hydroxylation is 1. The Balaban J connectivity index is 2.50. The normalized spacial score (nSPS) is 13.4. The molecular formula is C16H11Br2F3O3S. The molecule has 0 aromatic heterocycles. The summed E-state index contributed by atoms with van der Waals surface area (Å²) in [4.78, 5) is -0.365. The van der Waals surface area contributed by atoms with Crippen molar-refractivity contribution in [2.75, 3.05) is 0 Å². The molecule has 0 N–H and O–H groups in total. The average Bonchev–Trinajstić information content (AvgIpc) is 2.52. The van der Waals surface area contributed by atoms with Gasteiger partial charge < -0.3 is 4.18 Å². The molecule has 25 heavy (non-hydrogen) atoms. The summed E-state index contributed by atoms with van der Waals surface area (Å²) in [5, 5.41) is 0. The molecule has 0 saturated carbocycles. The molecule has 0 heterocycles. The van der Waals surface area contributed by atoms with E-state index < -0.39 is 26.5 Å². The van der Waals surface area contributed by atoms with Crippen LogP contribution in [-0.4, -0.2) is 14.6 Å². The van der Waals surface area contributed by atoms with E-state index in [1.807, 2.05) is 0 Å². The highest BCUT2D eigenvalue weighted by Gasteiger charge is 2.42. The Hall–Kier alpha value is -1.32. The van der Waals surface area contributed by atoms with E-state index in [9.17, 15) is 21.6 Å². The number of rotatable bonds is 4. The summed E-state index contributed by atoms with van der Waals surface area (Å²) in [6, 6.07) is 11.1. The first kappa shape index (κ1) is 20.0. The second-order valence-corrected chi connectivity index (χ2v) is 8.25. The van der Waals surface area contributed by atoms with Gasteiger partial charge in [-0.15, -0.1) is 0 Å². The van der Waals surface area contributed by atoms with Crippen LogP contribution in [0.3, 0.4) is 0 Å². The molecule has 0 atom stereocenters. The van der Waals surface area contributed by atoms with Gasteiger partial charge in [0.15, 0.2) is 0 Å². The lowest BCUT2D eigenvalue weighted by Crippen LogP contribution is -2.19. The standard InChI is InChI=1S/C16H11Br2F3O3S/c1-10-2-8-13(9-3-10)25(22,23)24-15(16(19,20)21)14(18)11-4-6-12(17)7-5-11/h2-9H,1H3/b15-14-. The first-order valence-corrected chi connectivity index (χ1v) is 9.74. The number of alkyl halides is 3. The molecule has 0 spiro atoms. The number of hydrogen-bond donors (Lipinski definition) is 0. The lowest BCUT2D eigenvalue weighted by Gasteiger charge is -2.16. The minimum Gasteiger partial charge on any atom is -0.372 e. The zero-order valence-corrected chi connectivity index (χ0v) is 16.6. The summed E-state index contributed by atoms with van der Waals surface area (Å²) in [5.41, 5.74) is 0.885. The van der Waals surface area contributed by atoms with Crippen LogP contribution in [0.1, 0.15) is 11.1 Å². The molecule has 9 heteroatoms. The molecular weight excluding hydrogens is 489 g/mol. The monoisotopic (exact) mass is 498 g/mol. The minimum absolute atomic E-state index is 0.120. The van der Waals surface area contributed by atoms with Crippen molar-refractivity contribution in [2.24, 2.45) is 0 Å². The van der Waals surface area contributed by atoms with Crippen LogP contribution in [0.25, 0.3) is 4.48 Å². The molecule has 0 radical (unpaired) electrons. The van der Waals surface area contributed by atoms with Crippen LogP contribution in [0.4, 0.5) is 13.2 Å². The van der Waals surface area contributed by atoms with Crippen molar-refractivity contribution < 1.29 is 25.8 Å². The van der Waals surface area contributed by atoms with Crippen LogP contribution in [0.2, 0.25) is 0 Å². The van der Waals surface area contributed by atoms with Gasteiger partial charge in [0.1, 0.15) is 4.90 Å². The van der Waals surface area contributed by atoms with Crippen molar-refractivity contribution in [3.63, 3.8) is 0 Å². The largest absolute Gasteiger partial charge is 0.451 e. The molecule has 2 aromatic rings. The highest BCUT2D eigenvalue weighted by molar-refractivity contribution is 9.15. The molecule has 0 aliphatic rings. The molecule has 2 aromatic carbocycles. The van der Waals surface area contributed by atoms with Crippen molar-refractivity contribution >= 4 is 46.5 Å². The number of benzene rings is 2.